The zero-order chi connectivity index (χ0) is 13.0. The molecule has 0 atom stereocenters. The fourth-order valence-electron chi connectivity index (χ4n) is 1.83. The van der Waals surface area contributed by atoms with Gasteiger partial charge in [0.05, 0.1) is 18.1 Å². The largest absolute Gasteiger partial charge is 0.296 e. The Hall–Kier alpha value is -1.45. The zero-order valence-electron chi connectivity index (χ0n) is 10.6. The normalized spacial score (nSPS) is 10.9. The summed E-state index contributed by atoms with van der Waals surface area (Å²) in [4.78, 5) is 10.5. The molecule has 0 unspecified atom stereocenters. The molecule has 2 rings (SSSR count). The van der Waals surface area contributed by atoms with Crippen LogP contribution in [0.1, 0.15) is 16.8 Å². The van der Waals surface area contributed by atoms with Crippen LogP contribution < -0.4 is 0 Å². The number of hydrogen-bond donors (Lipinski definition) is 0. The molecular formula is C14H16ClN3. The molecule has 0 aliphatic rings. The zero-order valence-corrected chi connectivity index (χ0v) is 11.4. The monoisotopic (exact) mass is 261 g/mol. The lowest BCUT2D eigenvalue weighted by molar-refractivity contribution is 0.314. The summed E-state index contributed by atoms with van der Waals surface area (Å²) < 4.78 is 0. The van der Waals surface area contributed by atoms with Gasteiger partial charge in [0.2, 0.25) is 0 Å². The SMILES string of the molecule is Cc1ccccc1CN(C)Cc1cnc(Cl)cn1. The van der Waals surface area contributed by atoms with E-state index < -0.39 is 0 Å². The molecule has 0 fully saturated rings. The Balaban J connectivity index is 1.99. The van der Waals surface area contributed by atoms with Gasteiger partial charge >= 0.3 is 0 Å². The first-order chi connectivity index (χ1) is 8.65. The Kier molecular flexibility index (Phi) is 4.28. The number of benzene rings is 1. The van der Waals surface area contributed by atoms with Crippen molar-refractivity contribution in [1.29, 1.82) is 0 Å². The summed E-state index contributed by atoms with van der Waals surface area (Å²) in [5.74, 6) is 0. The van der Waals surface area contributed by atoms with Gasteiger partial charge in [0.1, 0.15) is 5.15 Å². The number of rotatable bonds is 4. The quantitative estimate of drug-likeness (QED) is 0.847. The van der Waals surface area contributed by atoms with Crippen LogP contribution >= 0.6 is 11.6 Å². The molecular weight excluding hydrogens is 246 g/mol. The highest BCUT2D eigenvalue weighted by atomic mass is 35.5. The summed E-state index contributed by atoms with van der Waals surface area (Å²) in [6, 6.07) is 8.41. The summed E-state index contributed by atoms with van der Waals surface area (Å²) in [7, 11) is 2.07. The first kappa shape index (κ1) is 13.0. The van der Waals surface area contributed by atoms with E-state index in [4.69, 9.17) is 11.6 Å². The standard InChI is InChI=1S/C14H16ClN3/c1-11-5-3-4-6-12(11)9-18(2)10-13-7-17-14(15)8-16-13/h3-8H,9-10H2,1-2H3. The van der Waals surface area contributed by atoms with Crippen LogP contribution in [0.4, 0.5) is 0 Å². The van der Waals surface area contributed by atoms with E-state index in [1.807, 2.05) is 0 Å². The van der Waals surface area contributed by atoms with Crippen LogP contribution in [0.2, 0.25) is 5.15 Å². The third kappa shape index (κ3) is 3.52. The molecule has 0 saturated heterocycles. The maximum Gasteiger partial charge on any atom is 0.147 e. The van der Waals surface area contributed by atoms with Crippen LogP contribution in [-0.4, -0.2) is 21.9 Å². The van der Waals surface area contributed by atoms with Gasteiger partial charge in [0.15, 0.2) is 0 Å². The van der Waals surface area contributed by atoms with Crippen molar-refractivity contribution in [2.75, 3.05) is 7.05 Å². The molecule has 18 heavy (non-hydrogen) atoms. The van der Waals surface area contributed by atoms with Crippen molar-refractivity contribution in [1.82, 2.24) is 14.9 Å². The number of hydrogen-bond acceptors (Lipinski definition) is 3. The van der Waals surface area contributed by atoms with Gasteiger partial charge in [-0.25, -0.2) is 4.98 Å². The minimum absolute atomic E-state index is 0.431. The van der Waals surface area contributed by atoms with E-state index in [0.29, 0.717) is 5.15 Å². The number of aromatic nitrogens is 2. The molecule has 0 N–H and O–H groups in total. The molecule has 0 bridgehead atoms. The molecule has 1 aromatic heterocycles. The molecule has 1 aromatic carbocycles. The van der Waals surface area contributed by atoms with Crippen molar-refractivity contribution >= 4 is 11.6 Å². The predicted octanol–water partition coefficient (Wildman–Crippen LogP) is 3.07. The van der Waals surface area contributed by atoms with Gasteiger partial charge < -0.3 is 0 Å². The van der Waals surface area contributed by atoms with E-state index in [-0.39, 0.29) is 0 Å². The molecule has 0 aliphatic heterocycles. The van der Waals surface area contributed by atoms with Crippen molar-refractivity contribution in [2.24, 2.45) is 0 Å². The predicted molar refractivity (Wildman–Crippen MR) is 73.4 cm³/mol. The highest BCUT2D eigenvalue weighted by molar-refractivity contribution is 6.29. The average Bonchev–Trinajstić information content (AvgIpc) is 2.35. The topological polar surface area (TPSA) is 29.0 Å². The Morgan fingerprint density at radius 2 is 1.89 bits per heavy atom. The summed E-state index contributed by atoms with van der Waals surface area (Å²) in [6.07, 6.45) is 3.30. The highest BCUT2D eigenvalue weighted by Gasteiger charge is 2.05. The summed E-state index contributed by atoms with van der Waals surface area (Å²) in [5.41, 5.74) is 3.57. The molecule has 0 aliphatic carbocycles. The van der Waals surface area contributed by atoms with Crippen molar-refractivity contribution in [2.45, 2.75) is 20.0 Å². The van der Waals surface area contributed by atoms with Gasteiger partial charge in [-0.15, -0.1) is 0 Å². The van der Waals surface area contributed by atoms with Crippen molar-refractivity contribution < 1.29 is 0 Å². The Morgan fingerprint density at radius 3 is 2.56 bits per heavy atom. The smallest absolute Gasteiger partial charge is 0.147 e. The molecule has 0 saturated carbocycles. The Labute approximate surface area is 112 Å². The van der Waals surface area contributed by atoms with Crippen LogP contribution in [0, 0.1) is 6.92 Å². The van der Waals surface area contributed by atoms with Crippen LogP contribution in [0.25, 0.3) is 0 Å². The van der Waals surface area contributed by atoms with Crippen LogP contribution in [0.5, 0.6) is 0 Å². The second-order valence-corrected chi connectivity index (χ2v) is 4.82. The maximum atomic E-state index is 5.71. The third-order valence-electron chi connectivity index (χ3n) is 2.81. The summed E-state index contributed by atoms with van der Waals surface area (Å²) in [5, 5.41) is 0.431. The first-order valence-corrected chi connectivity index (χ1v) is 6.22. The lowest BCUT2D eigenvalue weighted by atomic mass is 10.1. The number of aryl methyl sites for hydroxylation is 1. The van der Waals surface area contributed by atoms with Crippen molar-refractivity contribution in [3.63, 3.8) is 0 Å². The minimum Gasteiger partial charge on any atom is -0.296 e. The number of halogens is 1. The van der Waals surface area contributed by atoms with E-state index in [1.165, 1.54) is 11.1 Å². The van der Waals surface area contributed by atoms with Crippen molar-refractivity contribution in [3.05, 3.63) is 58.6 Å². The van der Waals surface area contributed by atoms with E-state index >= 15 is 0 Å². The van der Waals surface area contributed by atoms with Gasteiger partial charge in [-0.3, -0.25) is 9.88 Å². The van der Waals surface area contributed by atoms with E-state index in [1.54, 1.807) is 12.4 Å². The van der Waals surface area contributed by atoms with Gasteiger partial charge in [-0.1, -0.05) is 35.9 Å². The van der Waals surface area contributed by atoms with Crippen LogP contribution in [0.3, 0.4) is 0 Å². The lowest BCUT2D eigenvalue weighted by Crippen LogP contribution is -2.18. The Morgan fingerprint density at radius 1 is 1.11 bits per heavy atom. The minimum atomic E-state index is 0.431. The second-order valence-electron chi connectivity index (χ2n) is 4.43. The maximum absolute atomic E-state index is 5.71. The molecule has 1 heterocycles. The van der Waals surface area contributed by atoms with Gasteiger partial charge in [-0.2, -0.15) is 0 Å². The lowest BCUT2D eigenvalue weighted by Gasteiger charge is -2.17. The fourth-order valence-corrected chi connectivity index (χ4v) is 1.93. The molecule has 94 valence electrons. The molecule has 0 amide bonds. The molecule has 0 radical (unpaired) electrons. The molecule has 0 spiro atoms. The van der Waals surface area contributed by atoms with Crippen LogP contribution in [0.15, 0.2) is 36.7 Å². The summed E-state index contributed by atoms with van der Waals surface area (Å²) >= 11 is 5.71. The second kappa shape index (κ2) is 5.94. The molecule has 4 heteroatoms. The Bertz CT molecular complexity index is 511. The first-order valence-electron chi connectivity index (χ1n) is 5.84. The number of nitrogens with zero attached hydrogens (tertiary/aromatic N) is 3. The van der Waals surface area contributed by atoms with Gasteiger partial charge in [-0.05, 0) is 25.1 Å². The molecule has 2 aromatic rings. The molecule has 3 nitrogen and oxygen atoms in total. The van der Waals surface area contributed by atoms with Crippen LogP contribution in [-0.2, 0) is 13.1 Å². The van der Waals surface area contributed by atoms with Gasteiger partial charge in [0.25, 0.3) is 0 Å². The van der Waals surface area contributed by atoms with Gasteiger partial charge in [0, 0.05) is 13.1 Å². The highest BCUT2D eigenvalue weighted by Crippen LogP contribution is 2.11. The van der Waals surface area contributed by atoms with Crippen molar-refractivity contribution in [3.8, 4) is 0 Å². The third-order valence-corrected chi connectivity index (χ3v) is 3.00. The fraction of sp³-hybridized carbons (Fsp3) is 0.286. The van der Waals surface area contributed by atoms with E-state index in [0.717, 1.165) is 18.8 Å². The average molecular weight is 262 g/mol. The summed E-state index contributed by atoms with van der Waals surface area (Å²) in [6.45, 7) is 3.79. The van der Waals surface area contributed by atoms with E-state index in [9.17, 15) is 0 Å². The van der Waals surface area contributed by atoms with E-state index in [2.05, 4.69) is 53.1 Å².